The Morgan fingerprint density at radius 1 is 1.14 bits per heavy atom. The molecule has 2 aromatic carbocycles. The highest BCUT2D eigenvalue weighted by Crippen LogP contribution is 2.34. The van der Waals surface area contributed by atoms with Crippen LogP contribution in [0.5, 0.6) is 17.2 Å². The Bertz CT molecular complexity index is 1160. The molecule has 1 aromatic heterocycles. The number of rotatable bonds is 9. The number of nitrogens with zero attached hydrogens (tertiary/aromatic N) is 2. The minimum absolute atomic E-state index is 0.000846. The molecule has 1 fully saturated rings. The maximum absolute atomic E-state index is 13.0. The first kappa shape index (κ1) is 24.4. The number of aryl methyl sites for hydroxylation is 2. The van der Waals surface area contributed by atoms with Crippen LogP contribution >= 0.6 is 0 Å². The van der Waals surface area contributed by atoms with Gasteiger partial charge >= 0.3 is 0 Å². The molecule has 35 heavy (non-hydrogen) atoms. The molecule has 1 unspecified atom stereocenters. The van der Waals surface area contributed by atoms with Crippen molar-refractivity contribution in [2.75, 3.05) is 20.3 Å². The van der Waals surface area contributed by atoms with Crippen molar-refractivity contribution in [3.8, 4) is 17.2 Å². The van der Waals surface area contributed by atoms with E-state index in [-0.39, 0.29) is 11.9 Å². The minimum atomic E-state index is -0.000846. The molecule has 1 amide bonds. The first-order valence-corrected chi connectivity index (χ1v) is 11.9. The van der Waals surface area contributed by atoms with Gasteiger partial charge in [-0.15, -0.1) is 0 Å². The van der Waals surface area contributed by atoms with Crippen LogP contribution in [0.4, 0.5) is 0 Å². The van der Waals surface area contributed by atoms with E-state index >= 15 is 0 Å². The fourth-order valence-corrected chi connectivity index (χ4v) is 4.36. The second kappa shape index (κ2) is 11.1. The van der Waals surface area contributed by atoms with Gasteiger partial charge in [0, 0.05) is 12.6 Å². The molecule has 2 heterocycles. The van der Waals surface area contributed by atoms with Gasteiger partial charge in [-0.3, -0.25) is 4.79 Å². The third kappa shape index (κ3) is 5.67. The maximum Gasteiger partial charge on any atom is 0.247 e. The summed E-state index contributed by atoms with van der Waals surface area (Å²) in [5.74, 6) is 2.80. The van der Waals surface area contributed by atoms with Gasteiger partial charge in [-0.05, 0) is 75.1 Å². The van der Waals surface area contributed by atoms with Crippen LogP contribution in [0, 0.1) is 13.8 Å². The monoisotopic (exact) mass is 476 g/mol. The number of ether oxygens (including phenoxy) is 3. The summed E-state index contributed by atoms with van der Waals surface area (Å²) < 4.78 is 22.2. The Hall–Kier alpha value is -3.74. The Morgan fingerprint density at radius 3 is 2.63 bits per heavy atom. The Kier molecular flexibility index (Phi) is 7.75. The van der Waals surface area contributed by atoms with Gasteiger partial charge in [0.25, 0.3) is 0 Å². The summed E-state index contributed by atoms with van der Waals surface area (Å²) in [5.41, 5.74) is 3.73. The average molecular weight is 477 g/mol. The second-order valence-electron chi connectivity index (χ2n) is 8.53. The van der Waals surface area contributed by atoms with Crippen molar-refractivity contribution in [2.24, 2.45) is 0 Å². The van der Waals surface area contributed by atoms with Crippen molar-refractivity contribution in [1.29, 1.82) is 0 Å². The van der Waals surface area contributed by atoms with Crippen LogP contribution in [-0.2, 0) is 11.4 Å². The van der Waals surface area contributed by atoms with Gasteiger partial charge in [0.2, 0.25) is 5.91 Å². The number of carbonyl (C=O) groups is 1. The van der Waals surface area contributed by atoms with Crippen LogP contribution in [0.1, 0.15) is 54.0 Å². The van der Waals surface area contributed by atoms with E-state index < -0.39 is 0 Å². The van der Waals surface area contributed by atoms with Gasteiger partial charge in [-0.1, -0.05) is 23.4 Å². The molecule has 1 saturated heterocycles. The lowest BCUT2D eigenvalue weighted by molar-refractivity contribution is -0.126. The van der Waals surface area contributed by atoms with Gasteiger partial charge in [0.05, 0.1) is 31.0 Å². The fraction of sp³-hybridized carbons (Fsp3) is 0.357. The van der Waals surface area contributed by atoms with Crippen molar-refractivity contribution >= 4 is 12.0 Å². The molecule has 0 aliphatic carbocycles. The normalized spacial score (nSPS) is 15.5. The van der Waals surface area contributed by atoms with Crippen molar-refractivity contribution in [2.45, 2.75) is 46.3 Å². The molecule has 1 atom stereocenters. The van der Waals surface area contributed by atoms with Crippen LogP contribution in [0.2, 0.25) is 0 Å². The highest BCUT2D eigenvalue weighted by molar-refractivity contribution is 5.92. The van der Waals surface area contributed by atoms with E-state index in [1.54, 1.807) is 13.2 Å². The number of amides is 1. The zero-order chi connectivity index (χ0) is 24.8. The second-order valence-corrected chi connectivity index (χ2v) is 8.53. The van der Waals surface area contributed by atoms with Crippen molar-refractivity contribution in [1.82, 2.24) is 10.1 Å². The van der Waals surface area contributed by atoms with E-state index in [9.17, 15) is 4.79 Å². The lowest BCUT2D eigenvalue weighted by Gasteiger charge is -2.24. The van der Waals surface area contributed by atoms with Gasteiger partial charge in [0.1, 0.15) is 18.1 Å². The van der Waals surface area contributed by atoms with Crippen LogP contribution in [0.25, 0.3) is 6.08 Å². The van der Waals surface area contributed by atoms with Crippen LogP contribution in [-0.4, -0.2) is 36.2 Å². The zero-order valence-electron chi connectivity index (χ0n) is 20.7. The van der Waals surface area contributed by atoms with E-state index in [1.807, 2.05) is 62.1 Å². The smallest absolute Gasteiger partial charge is 0.247 e. The maximum atomic E-state index is 13.0. The van der Waals surface area contributed by atoms with E-state index in [2.05, 4.69) is 17.3 Å². The predicted molar refractivity (Wildman–Crippen MR) is 134 cm³/mol. The van der Waals surface area contributed by atoms with Gasteiger partial charge in [-0.25, -0.2) is 0 Å². The molecule has 0 spiro atoms. The predicted octanol–water partition coefficient (Wildman–Crippen LogP) is 5.65. The number of carbonyl (C=O) groups excluding carboxylic acids is 1. The molecular weight excluding hydrogens is 444 g/mol. The lowest BCUT2D eigenvalue weighted by atomic mass is 10.0. The first-order valence-electron chi connectivity index (χ1n) is 11.9. The molecule has 7 heteroatoms. The Balaban J connectivity index is 1.42. The number of hydrogen-bond donors (Lipinski definition) is 0. The fourth-order valence-electron chi connectivity index (χ4n) is 4.36. The minimum Gasteiger partial charge on any atom is -0.494 e. The topological polar surface area (TPSA) is 74.0 Å². The summed E-state index contributed by atoms with van der Waals surface area (Å²) in [6.45, 7) is 7.44. The summed E-state index contributed by atoms with van der Waals surface area (Å²) in [5, 5.41) is 3.96. The highest BCUT2D eigenvalue weighted by Gasteiger charge is 2.28. The quantitative estimate of drug-likeness (QED) is 0.371. The molecule has 1 aliphatic rings. The number of likely N-dealkylation sites (tertiary alicyclic amines) is 1. The van der Waals surface area contributed by atoms with Crippen molar-refractivity contribution in [3.05, 3.63) is 76.7 Å². The molecule has 0 saturated carbocycles. The number of methoxy groups -OCH3 is 1. The summed E-state index contributed by atoms with van der Waals surface area (Å²) >= 11 is 0. The van der Waals surface area contributed by atoms with Crippen LogP contribution < -0.4 is 14.2 Å². The third-order valence-electron chi connectivity index (χ3n) is 6.27. The number of aromatic nitrogens is 1. The number of hydrogen-bond acceptors (Lipinski definition) is 6. The van der Waals surface area contributed by atoms with Crippen LogP contribution in [0.15, 0.2) is 53.1 Å². The zero-order valence-corrected chi connectivity index (χ0v) is 20.7. The molecule has 0 bridgehead atoms. The first-order chi connectivity index (χ1) is 17.0. The van der Waals surface area contributed by atoms with Gasteiger partial charge < -0.3 is 23.6 Å². The molecule has 184 valence electrons. The van der Waals surface area contributed by atoms with Crippen molar-refractivity contribution in [3.63, 3.8) is 0 Å². The standard InChI is InChI=1S/C28H32N2O5/c1-5-33-23-12-10-22(11-13-23)25-7-6-16-30(25)28(31)15-9-21-8-14-26(27(17-21)32-4)34-18-24-19(2)29-35-20(24)3/h8-15,17,25H,5-7,16,18H2,1-4H3. The highest BCUT2D eigenvalue weighted by atomic mass is 16.5. The van der Waals surface area contributed by atoms with E-state index in [4.69, 9.17) is 18.7 Å². The third-order valence-corrected chi connectivity index (χ3v) is 6.27. The molecule has 7 nitrogen and oxygen atoms in total. The van der Waals surface area contributed by atoms with Crippen molar-refractivity contribution < 1.29 is 23.5 Å². The number of benzene rings is 2. The Labute approximate surface area is 206 Å². The lowest BCUT2D eigenvalue weighted by Crippen LogP contribution is -2.28. The van der Waals surface area contributed by atoms with E-state index in [1.165, 1.54) is 0 Å². The van der Waals surface area contributed by atoms with Crippen LogP contribution in [0.3, 0.4) is 0 Å². The Morgan fingerprint density at radius 2 is 1.94 bits per heavy atom. The SMILES string of the molecule is CCOc1ccc(C2CCCN2C(=O)C=Cc2ccc(OCc3c(C)noc3C)c(OC)c2)cc1. The average Bonchev–Trinajstić information content (AvgIpc) is 3.49. The molecule has 1 aliphatic heterocycles. The molecular formula is C28H32N2O5. The van der Waals surface area contributed by atoms with E-state index in [0.717, 1.165) is 53.3 Å². The summed E-state index contributed by atoms with van der Waals surface area (Å²) in [6, 6.07) is 13.7. The summed E-state index contributed by atoms with van der Waals surface area (Å²) in [6.07, 6.45) is 5.39. The molecule has 3 aromatic rings. The van der Waals surface area contributed by atoms with Gasteiger partial charge in [-0.2, -0.15) is 0 Å². The van der Waals surface area contributed by atoms with Gasteiger partial charge in [0.15, 0.2) is 11.5 Å². The van der Waals surface area contributed by atoms with E-state index in [0.29, 0.717) is 24.7 Å². The summed E-state index contributed by atoms with van der Waals surface area (Å²) in [4.78, 5) is 15.0. The molecule has 0 radical (unpaired) electrons. The largest absolute Gasteiger partial charge is 0.494 e. The molecule has 0 N–H and O–H groups in total. The summed E-state index contributed by atoms with van der Waals surface area (Å²) in [7, 11) is 1.60. The molecule has 4 rings (SSSR count).